The van der Waals surface area contributed by atoms with Gasteiger partial charge in [0.1, 0.15) is 11.8 Å². The van der Waals surface area contributed by atoms with E-state index in [9.17, 15) is 19.5 Å². The van der Waals surface area contributed by atoms with E-state index < -0.39 is 17.8 Å². The van der Waals surface area contributed by atoms with Crippen molar-refractivity contribution in [2.75, 3.05) is 13.2 Å². The quantitative estimate of drug-likeness (QED) is 0.664. The van der Waals surface area contributed by atoms with Crippen LogP contribution in [0.3, 0.4) is 0 Å². The van der Waals surface area contributed by atoms with Crippen LogP contribution in [0.25, 0.3) is 0 Å². The van der Waals surface area contributed by atoms with Gasteiger partial charge < -0.3 is 14.7 Å². The van der Waals surface area contributed by atoms with Gasteiger partial charge in [0.25, 0.3) is 11.7 Å². The summed E-state index contributed by atoms with van der Waals surface area (Å²) in [5, 5.41) is 9.24. The van der Waals surface area contributed by atoms with Crippen molar-refractivity contribution < 1.29 is 24.2 Å². The number of ether oxygens (including phenoxy) is 1. The molecule has 1 amide bonds. The molecule has 1 saturated heterocycles. The van der Waals surface area contributed by atoms with Crippen LogP contribution in [0.4, 0.5) is 0 Å². The number of rotatable bonds is 4. The highest BCUT2D eigenvalue weighted by atomic mass is 16.5. The third-order valence-electron chi connectivity index (χ3n) is 3.41. The number of Topliss-reactive ketones (excluding diaryl/α,β-unsaturated/α-hetero) is 1. The fourth-order valence-corrected chi connectivity index (χ4v) is 2.39. The Kier molecular flexibility index (Phi) is 4.57. The zero-order valence-corrected chi connectivity index (χ0v) is 11.7. The van der Waals surface area contributed by atoms with Crippen molar-refractivity contribution in [3.63, 3.8) is 0 Å². The van der Waals surface area contributed by atoms with Crippen LogP contribution in [0.1, 0.15) is 30.1 Å². The van der Waals surface area contributed by atoms with E-state index in [1.54, 1.807) is 6.92 Å². The summed E-state index contributed by atoms with van der Waals surface area (Å²) in [6.07, 6.45) is 1.13. The maximum atomic E-state index is 12.4. The molecule has 0 saturated carbocycles. The largest absolute Gasteiger partial charge is 0.508 e. The van der Waals surface area contributed by atoms with Crippen molar-refractivity contribution in [3.8, 4) is 5.75 Å². The number of phenolic OH excluding ortho intramolecular Hbond substituents is 1. The minimum Gasteiger partial charge on any atom is -0.508 e. The molecule has 0 spiro atoms. The van der Waals surface area contributed by atoms with E-state index in [1.807, 2.05) is 0 Å². The van der Waals surface area contributed by atoms with Gasteiger partial charge in [-0.1, -0.05) is 0 Å². The van der Waals surface area contributed by atoms with Crippen LogP contribution >= 0.6 is 0 Å². The molecule has 1 fully saturated rings. The van der Waals surface area contributed by atoms with E-state index in [0.717, 1.165) is 0 Å². The molecular formula is C15H17NO5. The Labute approximate surface area is 122 Å². The molecule has 0 radical (unpaired) electrons. The molecule has 1 N–H and O–H groups in total. The van der Waals surface area contributed by atoms with Crippen LogP contribution in [-0.2, 0) is 14.3 Å². The van der Waals surface area contributed by atoms with Crippen molar-refractivity contribution in [2.45, 2.75) is 25.8 Å². The number of nitrogens with zero attached hydrogens (tertiary/aromatic N) is 1. The average Bonchev–Trinajstić information content (AvgIpc) is 2.96. The first-order chi connectivity index (χ1) is 10.0. The molecular weight excluding hydrogens is 274 g/mol. The SMILES string of the molecule is CCOC(=O)C(=O)C1CCCN1C(=O)c1ccc(O)cc1. The summed E-state index contributed by atoms with van der Waals surface area (Å²) >= 11 is 0. The summed E-state index contributed by atoms with van der Waals surface area (Å²) in [5.74, 6) is -1.84. The molecule has 112 valence electrons. The number of aromatic hydroxyl groups is 1. The van der Waals surface area contributed by atoms with Gasteiger partial charge in [-0.25, -0.2) is 4.79 Å². The Morgan fingerprint density at radius 3 is 2.57 bits per heavy atom. The third-order valence-corrected chi connectivity index (χ3v) is 3.41. The minimum absolute atomic E-state index is 0.0621. The van der Waals surface area contributed by atoms with Crippen LogP contribution in [0.5, 0.6) is 5.75 Å². The predicted molar refractivity (Wildman–Crippen MR) is 73.8 cm³/mol. The lowest BCUT2D eigenvalue weighted by atomic mass is 10.1. The molecule has 1 heterocycles. The number of likely N-dealkylation sites (tertiary alicyclic amines) is 1. The molecule has 2 rings (SSSR count). The first-order valence-corrected chi connectivity index (χ1v) is 6.85. The number of amides is 1. The van der Waals surface area contributed by atoms with E-state index in [2.05, 4.69) is 0 Å². The van der Waals surface area contributed by atoms with E-state index in [4.69, 9.17) is 4.74 Å². The number of hydrogen-bond acceptors (Lipinski definition) is 5. The van der Waals surface area contributed by atoms with Crippen molar-refractivity contribution >= 4 is 17.7 Å². The molecule has 0 aliphatic carbocycles. The Morgan fingerprint density at radius 2 is 1.95 bits per heavy atom. The highest BCUT2D eigenvalue weighted by molar-refractivity contribution is 6.36. The van der Waals surface area contributed by atoms with Gasteiger partial charge in [0.15, 0.2) is 0 Å². The molecule has 1 atom stereocenters. The first kappa shape index (κ1) is 15.0. The average molecular weight is 291 g/mol. The molecule has 0 aromatic heterocycles. The Hall–Kier alpha value is -2.37. The van der Waals surface area contributed by atoms with Crippen molar-refractivity contribution in [1.29, 1.82) is 0 Å². The van der Waals surface area contributed by atoms with E-state index in [0.29, 0.717) is 24.9 Å². The summed E-state index contributed by atoms with van der Waals surface area (Å²) in [5.41, 5.74) is 0.372. The molecule has 1 aromatic rings. The number of esters is 1. The standard InChI is InChI=1S/C15H17NO5/c1-2-21-15(20)13(18)12-4-3-9-16(12)14(19)10-5-7-11(17)8-6-10/h5-8,12,17H,2-4,9H2,1H3. The van der Waals surface area contributed by atoms with E-state index in [-0.39, 0.29) is 18.3 Å². The lowest BCUT2D eigenvalue weighted by molar-refractivity contribution is -0.155. The zero-order chi connectivity index (χ0) is 15.4. The number of ketones is 1. The predicted octanol–water partition coefficient (Wildman–Crippen LogP) is 1.13. The van der Waals surface area contributed by atoms with Gasteiger partial charge in [-0.3, -0.25) is 9.59 Å². The Bertz CT molecular complexity index is 552. The molecule has 1 aliphatic rings. The molecule has 6 nitrogen and oxygen atoms in total. The number of phenols is 1. The lowest BCUT2D eigenvalue weighted by Crippen LogP contribution is -2.43. The summed E-state index contributed by atoms with van der Waals surface area (Å²) in [7, 11) is 0. The second-order valence-corrected chi connectivity index (χ2v) is 4.79. The molecule has 1 aliphatic heterocycles. The number of carbonyl (C=O) groups excluding carboxylic acids is 3. The molecule has 6 heteroatoms. The van der Waals surface area contributed by atoms with Gasteiger partial charge in [-0.2, -0.15) is 0 Å². The van der Waals surface area contributed by atoms with Gasteiger partial charge in [-0.15, -0.1) is 0 Å². The fraction of sp³-hybridized carbons (Fsp3) is 0.400. The highest BCUT2D eigenvalue weighted by Crippen LogP contribution is 2.22. The monoisotopic (exact) mass is 291 g/mol. The second kappa shape index (κ2) is 6.39. The van der Waals surface area contributed by atoms with Gasteiger partial charge in [0, 0.05) is 12.1 Å². The molecule has 1 unspecified atom stereocenters. The van der Waals surface area contributed by atoms with Crippen LogP contribution in [0.2, 0.25) is 0 Å². The minimum atomic E-state index is -0.895. The summed E-state index contributed by atoms with van der Waals surface area (Å²) in [4.78, 5) is 37.4. The fourth-order valence-electron chi connectivity index (χ4n) is 2.39. The van der Waals surface area contributed by atoms with E-state index >= 15 is 0 Å². The Morgan fingerprint density at radius 1 is 1.29 bits per heavy atom. The van der Waals surface area contributed by atoms with E-state index in [1.165, 1.54) is 29.2 Å². The van der Waals surface area contributed by atoms with Gasteiger partial charge in [0.2, 0.25) is 0 Å². The summed E-state index contributed by atoms with van der Waals surface area (Å²) in [6.45, 7) is 2.18. The molecule has 1 aromatic carbocycles. The summed E-state index contributed by atoms with van der Waals surface area (Å²) in [6, 6.07) is 5.03. The number of carbonyl (C=O) groups is 3. The maximum Gasteiger partial charge on any atom is 0.376 e. The molecule has 0 bridgehead atoms. The van der Waals surface area contributed by atoms with Crippen molar-refractivity contribution in [1.82, 2.24) is 4.90 Å². The number of benzene rings is 1. The lowest BCUT2D eigenvalue weighted by Gasteiger charge is -2.23. The third kappa shape index (κ3) is 3.21. The molecule has 21 heavy (non-hydrogen) atoms. The topological polar surface area (TPSA) is 83.9 Å². The van der Waals surface area contributed by atoms with Crippen molar-refractivity contribution in [2.24, 2.45) is 0 Å². The van der Waals surface area contributed by atoms with Gasteiger partial charge >= 0.3 is 5.97 Å². The summed E-state index contributed by atoms with van der Waals surface area (Å²) < 4.78 is 4.71. The van der Waals surface area contributed by atoms with Crippen LogP contribution in [0.15, 0.2) is 24.3 Å². The zero-order valence-electron chi connectivity index (χ0n) is 11.7. The second-order valence-electron chi connectivity index (χ2n) is 4.79. The smallest absolute Gasteiger partial charge is 0.376 e. The van der Waals surface area contributed by atoms with Crippen LogP contribution in [0, 0.1) is 0 Å². The first-order valence-electron chi connectivity index (χ1n) is 6.85. The Balaban J connectivity index is 2.14. The highest BCUT2D eigenvalue weighted by Gasteiger charge is 2.38. The van der Waals surface area contributed by atoms with Gasteiger partial charge in [-0.05, 0) is 44.0 Å². The maximum absolute atomic E-state index is 12.4. The normalized spacial score (nSPS) is 17.6. The van der Waals surface area contributed by atoms with Crippen LogP contribution < -0.4 is 0 Å². The van der Waals surface area contributed by atoms with Gasteiger partial charge in [0.05, 0.1) is 6.61 Å². The van der Waals surface area contributed by atoms with Crippen LogP contribution in [-0.4, -0.2) is 46.9 Å². The van der Waals surface area contributed by atoms with Crippen molar-refractivity contribution in [3.05, 3.63) is 29.8 Å². The number of hydrogen-bond donors (Lipinski definition) is 1.